The summed E-state index contributed by atoms with van der Waals surface area (Å²) in [6.07, 6.45) is 7.51. The largest absolute Gasteiger partial charge is 0.354 e. The van der Waals surface area contributed by atoms with Crippen molar-refractivity contribution in [3.8, 4) is 0 Å². The summed E-state index contributed by atoms with van der Waals surface area (Å²) in [5.74, 6) is -0.445. The van der Waals surface area contributed by atoms with Crippen molar-refractivity contribution in [3.63, 3.8) is 0 Å². The molecule has 1 heterocycles. The number of nitrogens with one attached hydrogen (secondary N) is 4. The second-order valence-electron chi connectivity index (χ2n) is 9.53. The highest BCUT2D eigenvalue weighted by atomic mass is 16.2. The zero-order valence-electron chi connectivity index (χ0n) is 20.5. The minimum atomic E-state index is -0.737. The Bertz CT molecular complexity index is 738. The molecule has 0 unspecified atom stereocenters. The molecule has 0 spiro atoms. The molecule has 0 saturated carbocycles. The van der Waals surface area contributed by atoms with Crippen molar-refractivity contribution in [2.24, 2.45) is 5.92 Å². The molecule has 7 heteroatoms. The van der Waals surface area contributed by atoms with E-state index < -0.39 is 18.1 Å². The van der Waals surface area contributed by atoms with Gasteiger partial charge >= 0.3 is 0 Å². The summed E-state index contributed by atoms with van der Waals surface area (Å²) in [6.45, 7) is 7.09. The van der Waals surface area contributed by atoms with Gasteiger partial charge in [0.1, 0.15) is 12.1 Å². The summed E-state index contributed by atoms with van der Waals surface area (Å²) < 4.78 is 0. The summed E-state index contributed by atoms with van der Waals surface area (Å²) >= 11 is 0. The van der Waals surface area contributed by atoms with Crippen LogP contribution in [-0.2, 0) is 20.8 Å². The Morgan fingerprint density at radius 2 is 1.42 bits per heavy atom. The zero-order valence-corrected chi connectivity index (χ0v) is 20.5. The highest BCUT2D eigenvalue weighted by Crippen LogP contribution is 2.09. The summed E-state index contributed by atoms with van der Waals surface area (Å²) in [5.41, 5.74) is 1.07. The monoisotopic (exact) mass is 458 g/mol. The van der Waals surface area contributed by atoms with E-state index in [1.165, 1.54) is 0 Å². The van der Waals surface area contributed by atoms with Gasteiger partial charge in [0.05, 0.1) is 6.04 Å². The first-order valence-corrected chi connectivity index (χ1v) is 12.5. The van der Waals surface area contributed by atoms with Gasteiger partial charge in [0, 0.05) is 6.54 Å². The first-order chi connectivity index (χ1) is 15.9. The summed E-state index contributed by atoms with van der Waals surface area (Å²) in [4.78, 5) is 38.6. The predicted molar refractivity (Wildman–Crippen MR) is 132 cm³/mol. The van der Waals surface area contributed by atoms with Crippen LogP contribution < -0.4 is 21.3 Å². The smallest absolute Gasteiger partial charge is 0.242 e. The van der Waals surface area contributed by atoms with Gasteiger partial charge in [-0.25, -0.2) is 0 Å². The van der Waals surface area contributed by atoms with Crippen molar-refractivity contribution in [2.45, 2.75) is 90.3 Å². The van der Waals surface area contributed by atoms with E-state index in [2.05, 4.69) is 21.3 Å². The third-order valence-corrected chi connectivity index (χ3v) is 5.98. The second-order valence-corrected chi connectivity index (χ2v) is 9.53. The van der Waals surface area contributed by atoms with Crippen LogP contribution in [0.2, 0.25) is 0 Å². The van der Waals surface area contributed by atoms with E-state index in [9.17, 15) is 14.4 Å². The van der Waals surface area contributed by atoms with E-state index in [-0.39, 0.29) is 23.6 Å². The molecule has 184 valence electrons. The molecule has 1 aromatic rings. The van der Waals surface area contributed by atoms with Crippen molar-refractivity contribution in [1.29, 1.82) is 0 Å². The Morgan fingerprint density at radius 1 is 0.788 bits per heavy atom. The molecule has 2 rings (SSSR count). The summed E-state index contributed by atoms with van der Waals surface area (Å²) in [6, 6.07) is 8.13. The molecule has 0 aromatic heterocycles. The van der Waals surface area contributed by atoms with Crippen LogP contribution in [0.5, 0.6) is 0 Å². The highest BCUT2D eigenvalue weighted by molar-refractivity contribution is 5.92. The van der Waals surface area contributed by atoms with Crippen LogP contribution in [-0.4, -0.2) is 48.9 Å². The van der Waals surface area contributed by atoms with E-state index in [0.29, 0.717) is 19.4 Å². The average molecular weight is 459 g/mol. The van der Waals surface area contributed by atoms with Crippen LogP contribution in [0.3, 0.4) is 0 Å². The maximum Gasteiger partial charge on any atom is 0.242 e. The minimum absolute atomic E-state index is 0.152. The molecule has 0 bridgehead atoms. The van der Waals surface area contributed by atoms with Crippen LogP contribution in [0, 0.1) is 5.92 Å². The Kier molecular flexibility index (Phi) is 11.9. The van der Waals surface area contributed by atoms with Crippen LogP contribution in [0.1, 0.15) is 71.3 Å². The number of rotatable bonds is 4. The number of benzene rings is 1. The molecular weight excluding hydrogens is 416 g/mol. The van der Waals surface area contributed by atoms with Gasteiger partial charge in [0.2, 0.25) is 17.7 Å². The van der Waals surface area contributed by atoms with Gasteiger partial charge in [-0.1, -0.05) is 69.9 Å². The molecule has 0 aliphatic carbocycles. The molecule has 1 aromatic carbocycles. The molecule has 4 N–H and O–H groups in total. The van der Waals surface area contributed by atoms with Crippen LogP contribution in [0.4, 0.5) is 0 Å². The van der Waals surface area contributed by atoms with Gasteiger partial charge in [-0.05, 0) is 50.6 Å². The quantitative estimate of drug-likeness (QED) is 0.557. The Morgan fingerprint density at radius 3 is 2.09 bits per heavy atom. The van der Waals surface area contributed by atoms with E-state index in [1.54, 1.807) is 6.92 Å². The summed E-state index contributed by atoms with van der Waals surface area (Å²) in [7, 11) is 0. The van der Waals surface area contributed by atoms with E-state index in [4.69, 9.17) is 0 Å². The molecule has 3 amide bonds. The van der Waals surface area contributed by atoms with Crippen LogP contribution in [0.15, 0.2) is 30.3 Å². The lowest BCUT2D eigenvalue weighted by Crippen LogP contribution is -2.56. The molecular formula is C26H42N4O3. The molecule has 33 heavy (non-hydrogen) atoms. The van der Waals surface area contributed by atoms with Gasteiger partial charge in [0.15, 0.2) is 0 Å². The molecule has 3 atom stereocenters. The number of hydrogen-bond donors (Lipinski definition) is 4. The number of hydrogen-bond acceptors (Lipinski definition) is 4. The van der Waals surface area contributed by atoms with Crippen molar-refractivity contribution in [3.05, 3.63) is 35.9 Å². The molecule has 7 nitrogen and oxygen atoms in total. The SMILES string of the molecule is CC(C)C[C@@H]1NC(=O)[C@H](C)NC(=O)[C@H](Cc2ccccc2)NCCCCCCCCNC1=O. The average Bonchev–Trinajstić information content (AvgIpc) is 2.78. The standard InChI is InChI=1S/C26H42N4O3/c1-19(2)17-23-25(32)28-16-12-7-5-4-6-11-15-27-22(18-21-13-9-8-10-14-21)26(33)29-20(3)24(31)30-23/h8-10,13-14,19-20,22-23,27H,4-7,11-12,15-18H2,1-3H3,(H,28,32)(H,29,33)(H,30,31)/t20-,22-,23-/m0/s1. The maximum atomic E-state index is 13.1. The van der Waals surface area contributed by atoms with Gasteiger partial charge in [-0.15, -0.1) is 0 Å². The number of amides is 3. The molecule has 1 aliphatic rings. The second kappa shape index (κ2) is 14.7. The van der Waals surface area contributed by atoms with Crippen LogP contribution >= 0.6 is 0 Å². The van der Waals surface area contributed by atoms with Crippen LogP contribution in [0.25, 0.3) is 0 Å². The highest BCUT2D eigenvalue weighted by Gasteiger charge is 2.27. The Labute approximate surface area is 198 Å². The fraction of sp³-hybridized carbons (Fsp3) is 0.654. The Hall–Kier alpha value is -2.41. The van der Waals surface area contributed by atoms with Gasteiger partial charge in [0.25, 0.3) is 0 Å². The van der Waals surface area contributed by atoms with E-state index in [0.717, 1.165) is 50.6 Å². The lowest BCUT2D eigenvalue weighted by Gasteiger charge is -2.24. The molecule has 0 radical (unpaired) electrons. The van der Waals surface area contributed by atoms with Gasteiger partial charge < -0.3 is 21.3 Å². The fourth-order valence-corrected chi connectivity index (χ4v) is 4.05. The summed E-state index contributed by atoms with van der Waals surface area (Å²) in [5, 5.41) is 12.1. The lowest BCUT2D eigenvalue weighted by molar-refractivity contribution is -0.132. The molecule has 1 aliphatic heterocycles. The fourth-order valence-electron chi connectivity index (χ4n) is 4.05. The Balaban J connectivity index is 2.10. The molecule has 1 fully saturated rings. The van der Waals surface area contributed by atoms with Crippen molar-refractivity contribution < 1.29 is 14.4 Å². The van der Waals surface area contributed by atoms with Gasteiger partial charge in [-0.3, -0.25) is 14.4 Å². The minimum Gasteiger partial charge on any atom is -0.354 e. The first-order valence-electron chi connectivity index (χ1n) is 12.5. The third kappa shape index (κ3) is 10.4. The predicted octanol–water partition coefficient (Wildman–Crippen LogP) is 2.69. The van der Waals surface area contributed by atoms with Crippen molar-refractivity contribution >= 4 is 17.7 Å². The normalized spacial score (nSPS) is 24.8. The van der Waals surface area contributed by atoms with E-state index in [1.807, 2.05) is 44.2 Å². The van der Waals surface area contributed by atoms with Crippen molar-refractivity contribution in [2.75, 3.05) is 13.1 Å². The van der Waals surface area contributed by atoms with Gasteiger partial charge in [-0.2, -0.15) is 0 Å². The molecule has 1 saturated heterocycles. The number of carbonyl (C=O) groups is 3. The third-order valence-electron chi connectivity index (χ3n) is 5.98. The zero-order chi connectivity index (χ0) is 24.1. The maximum absolute atomic E-state index is 13.1. The first kappa shape index (κ1) is 26.8. The topological polar surface area (TPSA) is 99.3 Å². The lowest BCUT2D eigenvalue weighted by atomic mass is 10.0. The van der Waals surface area contributed by atoms with E-state index >= 15 is 0 Å². The number of carbonyl (C=O) groups excluding carboxylic acids is 3. The van der Waals surface area contributed by atoms with Crippen molar-refractivity contribution in [1.82, 2.24) is 21.3 Å².